The number of anilines is 1. The highest BCUT2D eigenvalue weighted by Crippen LogP contribution is 2.19. The van der Waals surface area contributed by atoms with Crippen LogP contribution < -0.4 is 5.32 Å². The second-order valence-corrected chi connectivity index (χ2v) is 7.56. The lowest BCUT2D eigenvalue weighted by Crippen LogP contribution is -2.42. The van der Waals surface area contributed by atoms with Crippen molar-refractivity contribution in [3.05, 3.63) is 47.1 Å². The molecule has 1 aliphatic heterocycles. The molecule has 0 spiro atoms. The van der Waals surface area contributed by atoms with E-state index in [1.54, 1.807) is 34.8 Å². The number of nitrogens with one attached hydrogen (secondary N) is 1. The molecule has 160 valence electrons. The zero-order valence-corrected chi connectivity index (χ0v) is 17.6. The van der Waals surface area contributed by atoms with Gasteiger partial charge < -0.3 is 15.0 Å². The van der Waals surface area contributed by atoms with Crippen LogP contribution >= 0.6 is 11.6 Å². The van der Waals surface area contributed by atoms with Gasteiger partial charge in [0.05, 0.1) is 18.7 Å². The molecule has 1 unspecified atom stereocenters. The molecule has 1 N–H and O–H groups in total. The van der Waals surface area contributed by atoms with Gasteiger partial charge in [-0.05, 0) is 24.5 Å². The predicted molar refractivity (Wildman–Crippen MR) is 112 cm³/mol. The van der Waals surface area contributed by atoms with Crippen molar-refractivity contribution in [3.8, 4) is 0 Å². The SMILES string of the molecule is CCC(=O)N1CCCC(C(=O)OCC(=O)Nc2ccnn2Cc2ccccc2Cl)C1. The third-order valence-electron chi connectivity index (χ3n) is 5.02. The number of benzene rings is 1. The van der Waals surface area contributed by atoms with E-state index in [1.165, 1.54) is 0 Å². The summed E-state index contributed by atoms with van der Waals surface area (Å²) in [6.07, 6.45) is 3.38. The Kier molecular flexibility index (Phi) is 7.46. The van der Waals surface area contributed by atoms with E-state index in [1.807, 2.05) is 18.2 Å². The minimum Gasteiger partial charge on any atom is -0.455 e. The van der Waals surface area contributed by atoms with E-state index >= 15 is 0 Å². The molecule has 2 amide bonds. The van der Waals surface area contributed by atoms with Gasteiger partial charge in [0.2, 0.25) is 5.91 Å². The predicted octanol–water partition coefficient (Wildman–Crippen LogP) is 2.72. The van der Waals surface area contributed by atoms with Crippen molar-refractivity contribution in [2.75, 3.05) is 25.0 Å². The number of esters is 1. The second kappa shape index (κ2) is 10.2. The number of nitrogens with zero attached hydrogens (tertiary/aromatic N) is 3. The van der Waals surface area contributed by atoms with Crippen LogP contribution in [0.25, 0.3) is 0 Å². The first-order valence-electron chi connectivity index (χ1n) is 9.97. The van der Waals surface area contributed by atoms with E-state index in [0.29, 0.717) is 43.3 Å². The minimum atomic E-state index is -0.457. The van der Waals surface area contributed by atoms with Crippen LogP contribution in [0.5, 0.6) is 0 Å². The number of amides is 2. The molecule has 1 atom stereocenters. The quantitative estimate of drug-likeness (QED) is 0.679. The lowest BCUT2D eigenvalue weighted by Gasteiger charge is -2.31. The highest BCUT2D eigenvalue weighted by Gasteiger charge is 2.29. The molecule has 8 nitrogen and oxygen atoms in total. The van der Waals surface area contributed by atoms with Crippen LogP contribution in [-0.2, 0) is 25.7 Å². The van der Waals surface area contributed by atoms with Crippen LogP contribution in [0.4, 0.5) is 5.82 Å². The van der Waals surface area contributed by atoms with Crippen LogP contribution in [0, 0.1) is 5.92 Å². The number of aromatic nitrogens is 2. The number of carbonyl (C=O) groups is 3. The zero-order valence-electron chi connectivity index (χ0n) is 16.8. The summed E-state index contributed by atoms with van der Waals surface area (Å²) in [5.41, 5.74) is 0.869. The van der Waals surface area contributed by atoms with Gasteiger partial charge in [0.25, 0.3) is 5.91 Å². The van der Waals surface area contributed by atoms with Crippen molar-refractivity contribution < 1.29 is 19.1 Å². The fourth-order valence-corrected chi connectivity index (χ4v) is 3.60. The standard InChI is InChI=1S/C21H25ClN4O4/c1-2-20(28)25-11-5-7-16(12-25)21(29)30-14-19(27)24-18-9-10-23-26(18)13-15-6-3-4-8-17(15)22/h3-4,6,8-10,16H,2,5,7,11-14H2,1H3,(H,24,27). The van der Waals surface area contributed by atoms with Gasteiger partial charge in [-0.3, -0.25) is 14.4 Å². The van der Waals surface area contributed by atoms with E-state index in [0.717, 1.165) is 12.0 Å². The number of hydrogen-bond acceptors (Lipinski definition) is 5. The Labute approximate surface area is 180 Å². The van der Waals surface area contributed by atoms with Crippen molar-refractivity contribution in [3.63, 3.8) is 0 Å². The number of ether oxygens (including phenoxy) is 1. The van der Waals surface area contributed by atoms with Crippen molar-refractivity contribution in [1.29, 1.82) is 0 Å². The maximum absolute atomic E-state index is 12.3. The molecule has 3 rings (SSSR count). The van der Waals surface area contributed by atoms with E-state index in [9.17, 15) is 14.4 Å². The summed E-state index contributed by atoms with van der Waals surface area (Å²) in [5, 5.41) is 7.52. The molecule has 1 aromatic heterocycles. The number of halogens is 1. The Morgan fingerprint density at radius 2 is 2.07 bits per heavy atom. The third kappa shape index (κ3) is 5.60. The number of likely N-dealkylation sites (tertiary alicyclic amines) is 1. The molecule has 0 bridgehead atoms. The van der Waals surface area contributed by atoms with Crippen molar-refractivity contribution in [2.45, 2.75) is 32.7 Å². The third-order valence-corrected chi connectivity index (χ3v) is 5.39. The first-order chi connectivity index (χ1) is 14.5. The topological polar surface area (TPSA) is 93.5 Å². The average Bonchev–Trinajstić information content (AvgIpc) is 3.19. The normalized spacial score (nSPS) is 16.2. The highest BCUT2D eigenvalue weighted by molar-refractivity contribution is 6.31. The van der Waals surface area contributed by atoms with Crippen molar-refractivity contribution in [2.24, 2.45) is 5.92 Å². The molecular formula is C21H25ClN4O4. The lowest BCUT2D eigenvalue weighted by atomic mass is 9.98. The van der Waals surface area contributed by atoms with Crippen LogP contribution in [0.3, 0.4) is 0 Å². The maximum atomic E-state index is 12.3. The number of hydrogen-bond donors (Lipinski definition) is 1. The van der Waals surface area contributed by atoms with Gasteiger partial charge in [0.15, 0.2) is 6.61 Å². The number of carbonyl (C=O) groups excluding carboxylic acids is 3. The van der Waals surface area contributed by atoms with Gasteiger partial charge in [0.1, 0.15) is 5.82 Å². The Morgan fingerprint density at radius 1 is 1.27 bits per heavy atom. The van der Waals surface area contributed by atoms with Crippen LogP contribution in [-0.4, -0.2) is 52.2 Å². The van der Waals surface area contributed by atoms with Gasteiger partial charge in [-0.1, -0.05) is 36.7 Å². The molecular weight excluding hydrogens is 408 g/mol. The van der Waals surface area contributed by atoms with Crippen molar-refractivity contribution in [1.82, 2.24) is 14.7 Å². The summed E-state index contributed by atoms with van der Waals surface area (Å²) < 4.78 is 6.80. The van der Waals surface area contributed by atoms with Crippen molar-refractivity contribution >= 4 is 35.2 Å². The summed E-state index contributed by atoms with van der Waals surface area (Å²) in [6, 6.07) is 9.05. The van der Waals surface area contributed by atoms with Crippen LogP contribution in [0.2, 0.25) is 5.02 Å². The summed E-state index contributed by atoms with van der Waals surface area (Å²) in [6.45, 7) is 2.80. The molecule has 0 radical (unpaired) electrons. The molecule has 1 saturated heterocycles. The fourth-order valence-electron chi connectivity index (χ4n) is 3.41. The molecule has 1 aliphatic rings. The van der Waals surface area contributed by atoms with E-state index in [2.05, 4.69) is 10.4 Å². The zero-order chi connectivity index (χ0) is 21.5. The van der Waals surface area contributed by atoms with Gasteiger partial charge in [-0.25, -0.2) is 4.68 Å². The molecule has 2 heterocycles. The van der Waals surface area contributed by atoms with Gasteiger partial charge >= 0.3 is 5.97 Å². The Bertz CT molecular complexity index is 914. The van der Waals surface area contributed by atoms with E-state index < -0.39 is 24.4 Å². The summed E-state index contributed by atoms with van der Waals surface area (Å²) in [7, 11) is 0. The lowest BCUT2D eigenvalue weighted by molar-refractivity contribution is -0.154. The van der Waals surface area contributed by atoms with Gasteiger partial charge in [-0.15, -0.1) is 0 Å². The second-order valence-electron chi connectivity index (χ2n) is 7.15. The van der Waals surface area contributed by atoms with Crippen LogP contribution in [0.15, 0.2) is 36.5 Å². The first-order valence-corrected chi connectivity index (χ1v) is 10.3. The van der Waals surface area contributed by atoms with E-state index in [4.69, 9.17) is 16.3 Å². The average molecular weight is 433 g/mol. The highest BCUT2D eigenvalue weighted by atomic mass is 35.5. The minimum absolute atomic E-state index is 0.0250. The molecule has 9 heteroatoms. The molecule has 1 aromatic carbocycles. The number of piperidine rings is 1. The van der Waals surface area contributed by atoms with Gasteiger partial charge in [-0.2, -0.15) is 5.10 Å². The largest absolute Gasteiger partial charge is 0.455 e. The molecule has 0 aliphatic carbocycles. The molecule has 1 fully saturated rings. The summed E-state index contributed by atoms with van der Waals surface area (Å²) in [5.74, 6) is -0.803. The van der Waals surface area contributed by atoms with Gasteiger partial charge in [0, 0.05) is 30.6 Å². The first kappa shape index (κ1) is 21.8. The Balaban J connectivity index is 1.51. The Hall–Kier alpha value is -2.87. The molecule has 0 saturated carbocycles. The Morgan fingerprint density at radius 3 is 2.83 bits per heavy atom. The van der Waals surface area contributed by atoms with E-state index in [-0.39, 0.29) is 5.91 Å². The maximum Gasteiger partial charge on any atom is 0.311 e. The fraction of sp³-hybridized carbons (Fsp3) is 0.429. The molecule has 2 aromatic rings. The summed E-state index contributed by atoms with van der Waals surface area (Å²) >= 11 is 6.19. The monoisotopic (exact) mass is 432 g/mol. The van der Waals surface area contributed by atoms with Crippen LogP contribution in [0.1, 0.15) is 31.7 Å². The smallest absolute Gasteiger partial charge is 0.311 e. The molecule has 30 heavy (non-hydrogen) atoms. The number of rotatable bonds is 7. The summed E-state index contributed by atoms with van der Waals surface area (Å²) in [4.78, 5) is 38.1.